The Kier molecular flexibility index (Phi) is 3.87. The number of rotatable bonds is 2. The molecule has 0 aromatic heterocycles. The molecule has 1 saturated carbocycles. The number of benzene rings is 2. The molecule has 1 spiro atoms. The molecule has 31 heavy (non-hydrogen) atoms. The number of Topliss-reactive ketones (excluding diaryl/α,β-unsaturated/α-hetero) is 2. The van der Waals surface area contributed by atoms with E-state index in [1.807, 2.05) is 30.3 Å². The molecule has 2 aliphatic carbocycles. The van der Waals surface area contributed by atoms with E-state index >= 15 is 0 Å². The van der Waals surface area contributed by atoms with Gasteiger partial charge in [0.25, 0.3) is 0 Å². The molecule has 2 saturated heterocycles. The van der Waals surface area contributed by atoms with Gasteiger partial charge in [-0.2, -0.15) is 0 Å². The smallest absolute Gasteiger partial charge is 0.237 e. The summed E-state index contributed by atoms with van der Waals surface area (Å²) in [4.78, 5) is 55.8. The van der Waals surface area contributed by atoms with E-state index in [1.54, 1.807) is 24.3 Å². The Morgan fingerprint density at radius 3 is 1.97 bits per heavy atom. The van der Waals surface area contributed by atoms with Crippen LogP contribution in [0.5, 0.6) is 0 Å². The summed E-state index contributed by atoms with van der Waals surface area (Å²) in [5, 5.41) is 0. The first-order valence-electron chi connectivity index (χ1n) is 10.8. The molecule has 3 fully saturated rings. The Labute approximate surface area is 179 Å². The number of nitrogens with zero attached hydrogens (tertiary/aromatic N) is 1. The highest BCUT2D eigenvalue weighted by atomic mass is 16.5. The van der Waals surface area contributed by atoms with Crippen LogP contribution in [0.25, 0.3) is 0 Å². The summed E-state index contributed by atoms with van der Waals surface area (Å²) in [5.74, 6) is -3.76. The Bertz CT molecular complexity index is 1100. The van der Waals surface area contributed by atoms with Crippen molar-refractivity contribution in [2.24, 2.45) is 11.8 Å². The molecule has 0 bridgehead atoms. The van der Waals surface area contributed by atoms with E-state index < -0.39 is 41.0 Å². The fraction of sp³-hybridized carbons (Fsp3) is 0.360. The van der Waals surface area contributed by atoms with E-state index in [-0.39, 0.29) is 23.1 Å². The van der Waals surface area contributed by atoms with Crippen LogP contribution in [0.2, 0.25) is 0 Å². The van der Waals surface area contributed by atoms with E-state index in [4.69, 9.17) is 4.74 Å². The number of carbonyl (C=O) groups is 4. The second kappa shape index (κ2) is 6.44. The maximum absolute atomic E-state index is 13.7. The van der Waals surface area contributed by atoms with Crippen LogP contribution in [0.4, 0.5) is 0 Å². The number of ether oxygens (including phenoxy) is 1. The molecule has 4 aliphatic rings. The Hall–Kier alpha value is -3.12. The number of hydrogen-bond acceptors (Lipinski definition) is 5. The van der Waals surface area contributed by atoms with Gasteiger partial charge in [0.15, 0.2) is 0 Å². The second-order valence-corrected chi connectivity index (χ2v) is 8.88. The molecule has 2 aliphatic heterocycles. The van der Waals surface area contributed by atoms with Crippen molar-refractivity contribution in [3.8, 4) is 0 Å². The Balaban J connectivity index is 1.53. The Morgan fingerprint density at radius 2 is 1.35 bits per heavy atom. The summed E-state index contributed by atoms with van der Waals surface area (Å²) in [7, 11) is 0. The van der Waals surface area contributed by atoms with Gasteiger partial charge in [0, 0.05) is 17.2 Å². The van der Waals surface area contributed by atoms with Crippen molar-refractivity contribution in [2.45, 2.75) is 43.4 Å². The van der Waals surface area contributed by atoms with Crippen LogP contribution < -0.4 is 0 Å². The summed E-state index contributed by atoms with van der Waals surface area (Å²) >= 11 is 0. The molecule has 3 atom stereocenters. The molecule has 0 unspecified atom stereocenters. The first kappa shape index (κ1) is 18.6. The fourth-order valence-electron chi connectivity index (χ4n) is 6.01. The van der Waals surface area contributed by atoms with Crippen LogP contribution in [-0.2, 0) is 14.3 Å². The number of ketones is 2. The minimum absolute atomic E-state index is 0.159. The zero-order chi connectivity index (χ0) is 21.3. The number of likely N-dealkylation sites (tertiary alicyclic amines) is 1. The summed E-state index contributed by atoms with van der Waals surface area (Å²) in [6.07, 6.45) is 2.64. The molecule has 6 rings (SSSR count). The van der Waals surface area contributed by atoms with Crippen LogP contribution in [0.3, 0.4) is 0 Å². The van der Waals surface area contributed by atoms with Gasteiger partial charge in [-0.05, 0) is 18.4 Å². The van der Waals surface area contributed by atoms with Crippen LogP contribution in [-0.4, -0.2) is 39.9 Å². The van der Waals surface area contributed by atoms with Gasteiger partial charge in [-0.3, -0.25) is 24.1 Å². The SMILES string of the molecule is O=C1[C@H]2[C@@H](C(=O)N1C1CCCC1)C1(O[C@H]2c2ccccc2)C(=O)c2ccccc2C1=O. The maximum Gasteiger partial charge on any atom is 0.237 e. The fourth-order valence-corrected chi connectivity index (χ4v) is 6.01. The number of carbonyl (C=O) groups excluding carboxylic acids is 4. The van der Waals surface area contributed by atoms with Gasteiger partial charge in [0.2, 0.25) is 29.0 Å². The normalized spacial score (nSPS) is 29.3. The van der Waals surface area contributed by atoms with Gasteiger partial charge in [0.05, 0.1) is 17.9 Å². The van der Waals surface area contributed by atoms with Gasteiger partial charge in [-0.15, -0.1) is 0 Å². The number of hydrogen-bond donors (Lipinski definition) is 0. The lowest BCUT2D eigenvalue weighted by Crippen LogP contribution is -2.51. The van der Waals surface area contributed by atoms with Crippen molar-refractivity contribution >= 4 is 23.4 Å². The quantitative estimate of drug-likeness (QED) is 0.556. The number of amides is 2. The molecule has 2 heterocycles. The lowest BCUT2D eigenvalue weighted by molar-refractivity contribution is -0.147. The van der Waals surface area contributed by atoms with Gasteiger partial charge < -0.3 is 4.74 Å². The minimum Gasteiger partial charge on any atom is -0.349 e. The molecule has 2 aromatic rings. The van der Waals surface area contributed by atoms with Crippen molar-refractivity contribution in [1.29, 1.82) is 0 Å². The monoisotopic (exact) mass is 415 g/mol. The zero-order valence-corrected chi connectivity index (χ0v) is 16.8. The predicted molar refractivity (Wildman–Crippen MR) is 109 cm³/mol. The predicted octanol–water partition coefficient (Wildman–Crippen LogP) is 3.12. The topological polar surface area (TPSA) is 80.8 Å². The minimum atomic E-state index is -1.96. The van der Waals surface area contributed by atoms with Crippen molar-refractivity contribution in [2.75, 3.05) is 0 Å². The zero-order valence-electron chi connectivity index (χ0n) is 16.8. The lowest BCUT2D eigenvalue weighted by Gasteiger charge is -2.29. The van der Waals surface area contributed by atoms with Gasteiger partial charge >= 0.3 is 0 Å². The van der Waals surface area contributed by atoms with Crippen LogP contribution in [0, 0.1) is 11.8 Å². The van der Waals surface area contributed by atoms with E-state index in [0.29, 0.717) is 5.56 Å². The van der Waals surface area contributed by atoms with Gasteiger partial charge in [-0.1, -0.05) is 67.4 Å². The molecule has 2 aromatic carbocycles. The standard InChI is InChI=1S/C25H21NO5/c27-21-16-12-6-7-13-17(16)22(28)25(21)19-18(20(31-25)14-8-2-1-3-9-14)23(29)26(24(19)30)15-10-4-5-11-15/h1-3,6-9,12-13,15,18-20H,4-5,10-11H2/t18-,19-,20-/m0/s1. The summed E-state index contributed by atoms with van der Waals surface area (Å²) in [6, 6.07) is 15.5. The summed E-state index contributed by atoms with van der Waals surface area (Å²) in [5.41, 5.74) is -0.742. The third-order valence-corrected chi connectivity index (χ3v) is 7.37. The van der Waals surface area contributed by atoms with E-state index in [0.717, 1.165) is 25.7 Å². The van der Waals surface area contributed by atoms with Crippen LogP contribution in [0.15, 0.2) is 54.6 Å². The van der Waals surface area contributed by atoms with Crippen molar-refractivity contribution < 1.29 is 23.9 Å². The van der Waals surface area contributed by atoms with Crippen molar-refractivity contribution in [3.63, 3.8) is 0 Å². The van der Waals surface area contributed by atoms with E-state index in [9.17, 15) is 19.2 Å². The third kappa shape index (κ3) is 2.26. The average Bonchev–Trinajstić information content (AvgIpc) is 3.54. The third-order valence-electron chi connectivity index (χ3n) is 7.37. The molecule has 0 N–H and O–H groups in total. The van der Waals surface area contributed by atoms with Gasteiger partial charge in [-0.25, -0.2) is 0 Å². The molecule has 2 amide bonds. The summed E-state index contributed by atoms with van der Waals surface area (Å²) < 4.78 is 6.25. The lowest BCUT2D eigenvalue weighted by atomic mass is 9.77. The molecule has 0 radical (unpaired) electrons. The first-order chi connectivity index (χ1) is 15.1. The van der Waals surface area contributed by atoms with E-state index in [2.05, 4.69) is 0 Å². The second-order valence-electron chi connectivity index (χ2n) is 8.88. The highest BCUT2D eigenvalue weighted by Gasteiger charge is 2.75. The molecule has 6 heteroatoms. The van der Waals surface area contributed by atoms with Gasteiger partial charge in [0.1, 0.15) is 0 Å². The molecular weight excluding hydrogens is 394 g/mol. The largest absolute Gasteiger partial charge is 0.349 e. The van der Waals surface area contributed by atoms with Crippen molar-refractivity contribution in [3.05, 3.63) is 71.3 Å². The van der Waals surface area contributed by atoms with Crippen LogP contribution in [0.1, 0.15) is 58.1 Å². The Morgan fingerprint density at radius 1 is 0.774 bits per heavy atom. The molecule has 6 nitrogen and oxygen atoms in total. The van der Waals surface area contributed by atoms with E-state index in [1.165, 1.54) is 4.90 Å². The number of fused-ring (bicyclic) bond motifs is 3. The molecule has 156 valence electrons. The number of imide groups is 1. The highest BCUT2D eigenvalue weighted by Crippen LogP contribution is 2.57. The molecular formula is C25H21NO5. The summed E-state index contributed by atoms with van der Waals surface area (Å²) in [6.45, 7) is 0. The van der Waals surface area contributed by atoms with Crippen LogP contribution >= 0.6 is 0 Å². The maximum atomic E-state index is 13.7. The highest BCUT2D eigenvalue weighted by molar-refractivity contribution is 6.35. The average molecular weight is 415 g/mol. The first-order valence-corrected chi connectivity index (χ1v) is 10.8. The van der Waals surface area contributed by atoms with Crippen molar-refractivity contribution in [1.82, 2.24) is 4.90 Å².